The van der Waals surface area contributed by atoms with Crippen LogP contribution >= 0.6 is 0 Å². The highest BCUT2D eigenvalue weighted by Gasteiger charge is 2.41. The van der Waals surface area contributed by atoms with E-state index in [1.807, 2.05) is 0 Å². The molecule has 0 atom stereocenters. The van der Waals surface area contributed by atoms with Crippen LogP contribution in [-0.2, 0) is 10.9 Å². The van der Waals surface area contributed by atoms with Crippen LogP contribution in [0.1, 0.15) is 33.5 Å². The molecule has 174 valence electrons. The lowest BCUT2D eigenvalue weighted by molar-refractivity contribution is -0.143. The first-order chi connectivity index (χ1) is 16.3. The number of halogens is 3. The van der Waals surface area contributed by atoms with Gasteiger partial charge in [0.05, 0.1) is 18.5 Å². The quantitative estimate of drug-likeness (QED) is 0.416. The average Bonchev–Trinajstić information content (AvgIpc) is 3.48. The van der Waals surface area contributed by atoms with Crippen LogP contribution in [0.2, 0.25) is 0 Å². The van der Waals surface area contributed by atoms with E-state index < -0.39 is 29.3 Å². The molecule has 0 saturated heterocycles. The Hall–Kier alpha value is -4.48. The molecule has 1 amide bonds. The van der Waals surface area contributed by atoms with E-state index >= 15 is 0 Å². The molecule has 0 spiro atoms. The number of hydrogen-bond donors (Lipinski definition) is 1. The van der Waals surface area contributed by atoms with E-state index in [1.54, 1.807) is 24.5 Å². The SMILES string of the molecule is CCOC(=O)c1cnn(-c2cccc(NC(=O)c3cc(-c4ccncc4)on3)c2)c1C(F)(F)F. The molecule has 4 aromatic rings. The van der Waals surface area contributed by atoms with Gasteiger partial charge in [0.1, 0.15) is 5.56 Å². The van der Waals surface area contributed by atoms with E-state index in [0.717, 1.165) is 6.20 Å². The Bertz CT molecular complexity index is 1330. The number of carbonyl (C=O) groups is 2. The van der Waals surface area contributed by atoms with Crippen LogP contribution in [0.4, 0.5) is 18.9 Å². The standard InChI is InChI=1S/C22H16F3N5O4/c1-2-33-21(32)16-12-27-30(19(16)22(23,24)25)15-5-3-4-14(10-15)28-20(31)17-11-18(34-29-17)13-6-8-26-9-7-13/h3-12H,2H2,1H3,(H,28,31). The normalized spacial score (nSPS) is 11.3. The first kappa shape index (κ1) is 22.7. The Morgan fingerprint density at radius 1 is 1.15 bits per heavy atom. The molecule has 0 aliphatic carbocycles. The van der Waals surface area contributed by atoms with Crippen molar-refractivity contribution < 1.29 is 32.0 Å². The molecule has 0 unspecified atom stereocenters. The molecule has 12 heteroatoms. The predicted octanol–water partition coefficient (Wildman–Crippen LogP) is 4.37. The molecule has 34 heavy (non-hydrogen) atoms. The lowest BCUT2D eigenvalue weighted by Gasteiger charge is -2.13. The van der Waals surface area contributed by atoms with Gasteiger partial charge in [-0.25, -0.2) is 9.48 Å². The summed E-state index contributed by atoms with van der Waals surface area (Å²) in [4.78, 5) is 28.5. The lowest BCUT2D eigenvalue weighted by Crippen LogP contribution is -2.18. The van der Waals surface area contributed by atoms with E-state index in [1.165, 1.54) is 37.3 Å². The Labute approximate surface area is 190 Å². The van der Waals surface area contributed by atoms with Crippen molar-refractivity contribution in [2.45, 2.75) is 13.1 Å². The third-order valence-corrected chi connectivity index (χ3v) is 4.59. The molecule has 3 aromatic heterocycles. The van der Waals surface area contributed by atoms with Crippen LogP contribution < -0.4 is 5.32 Å². The molecule has 9 nitrogen and oxygen atoms in total. The molecule has 0 radical (unpaired) electrons. The maximum Gasteiger partial charge on any atom is 0.434 e. The lowest BCUT2D eigenvalue weighted by atomic mass is 10.2. The van der Waals surface area contributed by atoms with Crippen molar-refractivity contribution in [2.75, 3.05) is 11.9 Å². The fourth-order valence-electron chi connectivity index (χ4n) is 3.12. The zero-order chi connectivity index (χ0) is 24.3. The third-order valence-electron chi connectivity index (χ3n) is 4.59. The first-order valence-corrected chi connectivity index (χ1v) is 9.89. The van der Waals surface area contributed by atoms with Gasteiger partial charge >= 0.3 is 12.1 Å². The maximum atomic E-state index is 13.7. The number of amides is 1. The molecule has 1 N–H and O–H groups in total. The monoisotopic (exact) mass is 471 g/mol. The summed E-state index contributed by atoms with van der Waals surface area (Å²) in [6, 6.07) is 10.3. The van der Waals surface area contributed by atoms with Crippen molar-refractivity contribution in [3.05, 3.63) is 78.0 Å². The highest BCUT2D eigenvalue weighted by Crippen LogP contribution is 2.34. The van der Waals surface area contributed by atoms with Crippen LogP contribution in [0.25, 0.3) is 17.0 Å². The minimum absolute atomic E-state index is 0.0294. The van der Waals surface area contributed by atoms with Crippen molar-refractivity contribution in [1.29, 1.82) is 0 Å². The van der Waals surface area contributed by atoms with Gasteiger partial charge in [0.15, 0.2) is 17.1 Å². The molecule has 0 aliphatic rings. The van der Waals surface area contributed by atoms with Gasteiger partial charge in [0.25, 0.3) is 5.91 Å². The molecule has 0 aliphatic heterocycles. The molecule has 4 rings (SSSR count). The average molecular weight is 471 g/mol. The van der Waals surface area contributed by atoms with E-state index in [-0.39, 0.29) is 23.7 Å². The van der Waals surface area contributed by atoms with Crippen LogP contribution in [0.15, 0.2) is 65.6 Å². The Morgan fingerprint density at radius 2 is 1.91 bits per heavy atom. The Kier molecular flexibility index (Phi) is 6.13. The van der Waals surface area contributed by atoms with Gasteiger partial charge in [0, 0.05) is 29.7 Å². The Morgan fingerprint density at radius 3 is 2.62 bits per heavy atom. The van der Waals surface area contributed by atoms with Crippen LogP contribution in [0, 0.1) is 0 Å². The molecular weight excluding hydrogens is 455 g/mol. The van der Waals surface area contributed by atoms with Gasteiger partial charge in [-0.3, -0.25) is 9.78 Å². The largest absolute Gasteiger partial charge is 0.462 e. The van der Waals surface area contributed by atoms with Crippen molar-refractivity contribution >= 4 is 17.6 Å². The molecular formula is C22H16F3N5O4. The van der Waals surface area contributed by atoms with E-state index in [0.29, 0.717) is 16.0 Å². The minimum Gasteiger partial charge on any atom is -0.462 e. The fraction of sp³-hybridized carbons (Fsp3) is 0.136. The van der Waals surface area contributed by atoms with Crippen molar-refractivity contribution in [3.63, 3.8) is 0 Å². The molecule has 0 saturated carbocycles. The summed E-state index contributed by atoms with van der Waals surface area (Å²) in [7, 11) is 0. The van der Waals surface area contributed by atoms with Crippen molar-refractivity contribution in [1.82, 2.24) is 19.9 Å². The van der Waals surface area contributed by atoms with Crippen LogP contribution in [0.3, 0.4) is 0 Å². The number of ether oxygens (including phenoxy) is 1. The number of hydrogen-bond acceptors (Lipinski definition) is 7. The summed E-state index contributed by atoms with van der Waals surface area (Å²) in [5, 5.41) is 10.0. The van der Waals surface area contributed by atoms with Gasteiger partial charge in [0.2, 0.25) is 0 Å². The summed E-state index contributed by atoms with van der Waals surface area (Å²) >= 11 is 0. The fourth-order valence-corrected chi connectivity index (χ4v) is 3.12. The zero-order valence-corrected chi connectivity index (χ0v) is 17.5. The van der Waals surface area contributed by atoms with Crippen molar-refractivity contribution in [3.8, 4) is 17.0 Å². The van der Waals surface area contributed by atoms with Gasteiger partial charge < -0.3 is 14.6 Å². The second kappa shape index (κ2) is 9.17. The summed E-state index contributed by atoms with van der Waals surface area (Å²) in [6.45, 7) is 1.39. The number of benzene rings is 1. The van der Waals surface area contributed by atoms with Gasteiger partial charge in [-0.05, 0) is 37.3 Å². The molecule has 1 aromatic carbocycles. The number of nitrogens with zero attached hydrogens (tertiary/aromatic N) is 4. The summed E-state index contributed by atoms with van der Waals surface area (Å²) < 4.78 is 51.7. The summed E-state index contributed by atoms with van der Waals surface area (Å²) in [5.74, 6) is -1.43. The number of alkyl halides is 3. The smallest absolute Gasteiger partial charge is 0.434 e. The van der Waals surface area contributed by atoms with E-state index in [9.17, 15) is 22.8 Å². The van der Waals surface area contributed by atoms with Gasteiger partial charge in [-0.1, -0.05) is 11.2 Å². The van der Waals surface area contributed by atoms with E-state index in [4.69, 9.17) is 9.26 Å². The number of aromatic nitrogens is 4. The highest BCUT2D eigenvalue weighted by atomic mass is 19.4. The number of anilines is 1. The van der Waals surface area contributed by atoms with Gasteiger partial charge in [-0.2, -0.15) is 18.3 Å². The second-order valence-electron chi connectivity index (χ2n) is 6.85. The Balaban J connectivity index is 1.60. The van der Waals surface area contributed by atoms with Gasteiger partial charge in [-0.15, -0.1) is 0 Å². The topological polar surface area (TPSA) is 112 Å². The van der Waals surface area contributed by atoms with Crippen LogP contribution in [0.5, 0.6) is 0 Å². The summed E-state index contributed by atoms with van der Waals surface area (Å²) in [5.41, 5.74) is -1.21. The third kappa shape index (κ3) is 4.65. The number of carbonyl (C=O) groups excluding carboxylic acids is 2. The zero-order valence-electron chi connectivity index (χ0n) is 17.5. The molecule has 0 bridgehead atoms. The summed E-state index contributed by atoms with van der Waals surface area (Å²) in [6.07, 6.45) is -0.980. The van der Waals surface area contributed by atoms with Crippen molar-refractivity contribution in [2.24, 2.45) is 0 Å². The highest BCUT2D eigenvalue weighted by molar-refractivity contribution is 6.03. The maximum absolute atomic E-state index is 13.7. The number of nitrogens with one attached hydrogen (secondary N) is 1. The minimum atomic E-state index is -4.89. The number of esters is 1. The first-order valence-electron chi connectivity index (χ1n) is 9.89. The predicted molar refractivity (Wildman–Crippen MR) is 112 cm³/mol. The molecule has 3 heterocycles. The number of rotatable bonds is 6. The van der Waals surface area contributed by atoms with E-state index in [2.05, 4.69) is 20.6 Å². The second-order valence-corrected chi connectivity index (χ2v) is 6.85. The molecule has 0 fully saturated rings. The van der Waals surface area contributed by atoms with Crippen LogP contribution in [-0.4, -0.2) is 38.4 Å². The number of pyridine rings is 1.